The minimum atomic E-state index is -3.43. The van der Waals surface area contributed by atoms with E-state index in [-0.39, 0.29) is 11.2 Å². The number of rotatable bonds is 5. The minimum Gasteiger partial charge on any atom is -0.378 e. The molecule has 4 nitrogen and oxygen atoms in total. The maximum atomic E-state index is 11.5. The fraction of sp³-hybridized carbons (Fsp3) is 1.00. The van der Waals surface area contributed by atoms with Gasteiger partial charge in [-0.25, -0.2) is 13.6 Å². The molecule has 2 saturated carbocycles. The average Bonchev–Trinajstić information content (AvgIpc) is 2.36. The fourth-order valence-electron chi connectivity index (χ4n) is 3.88. The molecule has 0 spiro atoms. The second-order valence-electron chi connectivity index (χ2n) is 7.07. The van der Waals surface area contributed by atoms with Crippen LogP contribution in [0.25, 0.3) is 0 Å². The maximum absolute atomic E-state index is 11.5. The summed E-state index contributed by atoms with van der Waals surface area (Å²) >= 11 is 0. The molecule has 2 unspecified atom stereocenters. The first-order chi connectivity index (χ1) is 9.39. The Bertz CT molecular complexity index is 401. The third-order valence-corrected chi connectivity index (χ3v) is 5.95. The molecule has 2 aliphatic rings. The van der Waals surface area contributed by atoms with Gasteiger partial charge in [-0.05, 0) is 31.6 Å². The van der Waals surface area contributed by atoms with Gasteiger partial charge in [-0.15, -0.1) is 0 Å². The summed E-state index contributed by atoms with van der Waals surface area (Å²) in [5.41, 5.74) is -0.230. The Morgan fingerprint density at radius 3 is 2.45 bits per heavy atom. The molecule has 2 fully saturated rings. The van der Waals surface area contributed by atoms with E-state index in [4.69, 9.17) is 9.88 Å². The highest BCUT2D eigenvalue weighted by molar-refractivity contribution is 7.89. The highest BCUT2D eigenvalue weighted by Crippen LogP contribution is 2.38. The molecule has 2 aliphatic carbocycles. The van der Waals surface area contributed by atoms with E-state index in [0.717, 1.165) is 44.4 Å². The third kappa shape index (κ3) is 5.01. The Morgan fingerprint density at radius 2 is 1.85 bits per heavy atom. The monoisotopic (exact) mass is 303 g/mol. The molecule has 0 heterocycles. The molecule has 5 heteroatoms. The SMILES string of the molecule is CC1CCCC(OCC2(CS(N)(=O)=O)CCCCC2)C1. The zero-order chi connectivity index (χ0) is 14.6. The summed E-state index contributed by atoms with van der Waals surface area (Å²) in [5.74, 6) is 0.816. The van der Waals surface area contributed by atoms with Crippen molar-refractivity contribution >= 4 is 10.0 Å². The summed E-state index contributed by atoms with van der Waals surface area (Å²) in [6.07, 6.45) is 10.3. The van der Waals surface area contributed by atoms with Crippen LogP contribution >= 0.6 is 0 Å². The zero-order valence-corrected chi connectivity index (χ0v) is 13.5. The molecule has 0 aromatic rings. The standard InChI is InChI=1S/C15H29NO3S/c1-13-6-5-7-14(10-13)19-11-15(12-20(16,17)18)8-3-2-4-9-15/h13-14H,2-12H2,1H3,(H2,16,17,18). The first-order valence-corrected chi connectivity index (χ1v) is 9.72. The zero-order valence-electron chi connectivity index (χ0n) is 12.6. The summed E-state index contributed by atoms with van der Waals surface area (Å²) in [5, 5.41) is 5.30. The van der Waals surface area contributed by atoms with Crippen LogP contribution in [-0.4, -0.2) is 26.9 Å². The van der Waals surface area contributed by atoms with Crippen molar-refractivity contribution < 1.29 is 13.2 Å². The van der Waals surface area contributed by atoms with Crippen molar-refractivity contribution in [2.45, 2.75) is 70.8 Å². The summed E-state index contributed by atoms with van der Waals surface area (Å²) in [6.45, 7) is 2.84. The van der Waals surface area contributed by atoms with Gasteiger partial charge >= 0.3 is 0 Å². The number of nitrogens with two attached hydrogens (primary N) is 1. The van der Waals surface area contributed by atoms with Crippen LogP contribution in [0.3, 0.4) is 0 Å². The van der Waals surface area contributed by atoms with E-state index in [1.54, 1.807) is 0 Å². The highest BCUT2D eigenvalue weighted by atomic mass is 32.2. The quantitative estimate of drug-likeness (QED) is 0.849. The Kier molecular flexibility index (Phi) is 5.49. The molecule has 2 N–H and O–H groups in total. The first kappa shape index (κ1) is 16.2. The smallest absolute Gasteiger partial charge is 0.209 e. The first-order valence-electron chi connectivity index (χ1n) is 8.01. The molecule has 0 aromatic heterocycles. The van der Waals surface area contributed by atoms with Gasteiger partial charge in [0.15, 0.2) is 0 Å². The predicted molar refractivity (Wildman–Crippen MR) is 80.9 cm³/mol. The Hall–Kier alpha value is -0.130. The summed E-state index contributed by atoms with van der Waals surface area (Å²) in [7, 11) is -3.43. The maximum Gasteiger partial charge on any atom is 0.209 e. The number of hydrogen-bond acceptors (Lipinski definition) is 3. The van der Waals surface area contributed by atoms with E-state index in [2.05, 4.69) is 6.92 Å². The van der Waals surface area contributed by atoms with Gasteiger partial charge in [0.05, 0.1) is 18.5 Å². The molecule has 0 amide bonds. The molecule has 0 bridgehead atoms. The van der Waals surface area contributed by atoms with E-state index in [1.165, 1.54) is 19.3 Å². The van der Waals surface area contributed by atoms with Gasteiger partial charge in [0.2, 0.25) is 10.0 Å². The van der Waals surface area contributed by atoms with Crippen molar-refractivity contribution in [2.24, 2.45) is 16.5 Å². The second-order valence-corrected chi connectivity index (χ2v) is 8.69. The number of ether oxygens (including phenoxy) is 1. The number of sulfonamides is 1. The van der Waals surface area contributed by atoms with Crippen LogP contribution in [-0.2, 0) is 14.8 Å². The minimum absolute atomic E-state index is 0.0856. The molecule has 0 radical (unpaired) electrons. The second kappa shape index (κ2) is 6.75. The van der Waals surface area contributed by atoms with Gasteiger partial charge in [-0.2, -0.15) is 0 Å². The van der Waals surface area contributed by atoms with E-state index in [9.17, 15) is 8.42 Å². The van der Waals surface area contributed by atoms with Gasteiger partial charge in [0, 0.05) is 5.41 Å². The van der Waals surface area contributed by atoms with Crippen molar-refractivity contribution in [3.63, 3.8) is 0 Å². The van der Waals surface area contributed by atoms with Crippen molar-refractivity contribution in [1.82, 2.24) is 0 Å². The van der Waals surface area contributed by atoms with E-state index >= 15 is 0 Å². The van der Waals surface area contributed by atoms with Crippen LogP contribution in [0.15, 0.2) is 0 Å². The van der Waals surface area contributed by atoms with Gasteiger partial charge in [-0.3, -0.25) is 0 Å². The lowest BCUT2D eigenvalue weighted by molar-refractivity contribution is -0.0381. The van der Waals surface area contributed by atoms with Crippen LogP contribution in [0.2, 0.25) is 0 Å². The summed E-state index contributed by atoms with van der Waals surface area (Å²) in [4.78, 5) is 0. The van der Waals surface area contributed by atoms with Crippen LogP contribution in [0, 0.1) is 11.3 Å². The van der Waals surface area contributed by atoms with Crippen molar-refractivity contribution in [3.05, 3.63) is 0 Å². The van der Waals surface area contributed by atoms with Gasteiger partial charge < -0.3 is 4.74 Å². The lowest BCUT2D eigenvalue weighted by Crippen LogP contribution is -2.40. The van der Waals surface area contributed by atoms with Crippen LogP contribution in [0.5, 0.6) is 0 Å². The van der Waals surface area contributed by atoms with Gasteiger partial charge in [0.1, 0.15) is 0 Å². The molecule has 0 saturated heterocycles. The highest BCUT2D eigenvalue weighted by Gasteiger charge is 2.37. The molecular formula is C15H29NO3S. The van der Waals surface area contributed by atoms with Crippen LogP contribution < -0.4 is 5.14 Å². The average molecular weight is 303 g/mol. The largest absolute Gasteiger partial charge is 0.378 e. The normalized spacial score (nSPS) is 31.1. The Morgan fingerprint density at radius 1 is 1.15 bits per heavy atom. The van der Waals surface area contributed by atoms with Crippen molar-refractivity contribution in [2.75, 3.05) is 12.4 Å². The van der Waals surface area contributed by atoms with Crippen LogP contribution in [0.1, 0.15) is 64.7 Å². The molecular weight excluding hydrogens is 274 g/mol. The lowest BCUT2D eigenvalue weighted by atomic mass is 9.76. The van der Waals surface area contributed by atoms with E-state index in [1.807, 2.05) is 0 Å². The summed E-state index contributed by atoms with van der Waals surface area (Å²) < 4.78 is 29.2. The Balaban J connectivity index is 1.93. The van der Waals surface area contributed by atoms with Crippen molar-refractivity contribution in [1.29, 1.82) is 0 Å². The van der Waals surface area contributed by atoms with E-state index < -0.39 is 10.0 Å². The molecule has 2 rings (SSSR count). The fourth-order valence-corrected chi connectivity index (χ4v) is 5.11. The predicted octanol–water partition coefficient (Wildman–Crippen LogP) is 2.82. The third-order valence-electron chi connectivity index (χ3n) is 4.94. The number of primary sulfonamides is 1. The topological polar surface area (TPSA) is 69.4 Å². The molecule has 0 aliphatic heterocycles. The van der Waals surface area contributed by atoms with Gasteiger partial charge in [0.25, 0.3) is 0 Å². The van der Waals surface area contributed by atoms with E-state index in [0.29, 0.717) is 12.7 Å². The Labute approximate surface area is 123 Å². The molecule has 2 atom stereocenters. The number of hydrogen-bond donors (Lipinski definition) is 1. The summed E-state index contributed by atoms with van der Waals surface area (Å²) in [6, 6.07) is 0. The van der Waals surface area contributed by atoms with Gasteiger partial charge in [-0.1, -0.05) is 39.0 Å². The van der Waals surface area contributed by atoms with Crippen LogP contribution in [0.4, 0.5) is 0 Å². The molecule has 0 aromatic carbocycles. The van der Waals surface area contributed by atoms with Crippen molar-refractivity contribution in [3.8, 4) is 0 Å². The lowest BCUT2D eigenvalue weighted by Gasteiger charge is -2.38. The molecule has 118 valence electrons. The molecule has 20 heavy (non-hydrogen) atoms.